The maximum Gasteiger partial charge on any atom is 0.170 e. The molecule has 24 heavy (non-hydrogen) atoms. The molecular formula is C20H27N3S. The fourth-order valence-electron chi connectivity index (χ4n) is 2.59. The van der Waals surface area contributed by atoms with E-state index in [1.54, 1.807) is 0 Å². The van der Waals surface area contributed by atoms with E-state index in [1.165, 1.54) is 11.1 Å². The van der Waals surface area contributed by atoms with E-state index in [0.717, 1.165) is 12.2 Å². The summed E-state index contributed by atoms with van der Waals surface area (Å²) >= 11 is 5.43. The summed E-state index contributed by atoms with van der Waals surface area (Å²) < 4.78 is 0. The van der Waals surface area contributed by atoms with Crippen LogP contribution in [0, 0.1) is 0 Å². The first kappa shape index (κ1) is 18.4. The number of nitrogens with zero attached hydrogens (tertiary/aromatic N) is 1. The molecule has 2 rings (SSSR count). The van der Waals surface area contributed by atoms with Gasteiger partial charge in [-0.2, -0.15) is 0 Å². The van der Waals surface area contributed by atoms with Gasteiger partial charge in [0.2, 0.25) is 0 Å². The number of hydrogen-bond donors (Lipinski definition) is 2. The third kappa shape index (κ3) is 5.32. The Bertz CT molecular complexity index is 636. The van der Waals surface area contributed by atoms with Gasteiger partial charge in [-0.25, -0.2) is 0 Å². The van der Waals surface area contributed by atoms with Crippen LogP contribution in [0.3, 0.4) is 0 Å². The van der Waals surface area contributed by atoms with Crippen molar-refractivity contribution >= 4 is 23.0 Å². The fourth-order valence-corrected chi connectivity index (χ4v) is 2.79. The van der Waals surface area contributed by atoms with E-state index >= 15 is 0 Å². The molecule has 1 unspecified atom stereocenters. The van der Waals surface area contributed by atoms with E-state index < -0.39 is 0 Å². The number of likely N-dealkylation sites (N-methyl/N-ethyl adjacent to an activating group) is 1. The van der Waals surface area contributed by atoms with Crippen molar-refractivity contribution in [3.05, 3.63) is 65.7 Å². The van der Waals surface area contributed by atoms with Gasteiger partial charge in [0.1, 0.15) is 0 Å². The molecule has 0 radical (unpaired) electrons. The molecule has 0 aliphatic heterocycles. The van der Waals surface area contributed by atoms with Gasteiger partial charge in [-0.05, 0) is 55.5 Å². The largest absolute Gasteiger partial charge is 0.361 e. The quantitative estimate of drug-likeness (QED) is 0.762. The first-order valence-electron chi connectivity index (χ1n) is 8.33. The Balaban J connectivity index is 1.91. The number of hydrogen-bond acceptors (Lipinski definition) is 2. The Labute approximate surface area is 151 Å². The van der Waals surface area contributed by atoms with Crippen LogP contribution in [0.4, 0.5) is 5.69 Å². The molecule has 0 spiro atoms. The molecule has 0 aliphatic rings. The SMILES string of the molecule is CC(C)c1ccc(NC(=S)NCC(c2ccccc2)N(C)C)cc1. The highest BCUT2D eigenvalue weighted by Crippen LogP contribution is 2.18. The highest BCUT2D eigenvalue weighted by molar-refractivity contribution is 7.80. The van der Waals surface area contributed by atoms with Crippen molar-refractivity contribution in [3.8, 4) is 0 Å². The summed E-state index contributed by atoms with van der Waals surface area (Å²) in [7, 11) is 4.17. The lowest BCUT2D eigenvalue weighted by Gasteiger charge is -2.25. The predicted molar refractivity (Wildman–Crippen MR) is 108 cm³/mol. The summed E-state index contributed by atoms with van der Waals surface area (Å²) in [6.45, 7) is 5.14. The molecule has 0 saturated carbocycles. The van der Waals surface area contributed by atoms with Crippen LogP contribution < -0.4 is 10.6 Å². The summed E-state index contributed by atoms with van der Waals surface area (Å²) in [5, 5.41) is 7.23. The predicted octanol–water partition coefficient (Wildman–Crippen LogP) is 4.40. The minimum absolute atomic E-state index is 0.272. The van der Waals surface area contributed by atoms with E-state index in [9.17, 15) is 0 Å². The molecule has 1 atom stereocenters. The Morgan fingerprint density at radius 1 is 0.958 bits per heavy atom. The molecule has 3 nitrogen and oxygen atoms in total. The Kier molecular flexibility index (Phi) is 6.76. The number of thiocarbonyl (C=S) groups is 1. The fraction of sp³-hybridized carbons (Fsp3) is 0.350. The minimum atomic E-state index is 0.272. The zero-order valence-electron chi connectivity index (χ0n) is 14.9. The highest BCUT2D eigenvalue weighted by Gasteiger charge is 2.14. The smallest absolute Gasteiger partial charge is 0.170 e. The number of nitrogens with one attached hydrogen (secondary N) is 2. The maximum absolute atomic E-state index is 5.43. The van der Waals surface area contributed by atoms with Crippen LogP contribution in [0.1, 0.15) is 36.9 Å². The van der Waals surface area contributed by atoms with Gasteiger partial charge in [0.25, 0.3) is 0 Å². The Morgan fingerprint density at radius 2 is 1.58 bits per heavy atom. The first-order chi connectivity index (χ1) is 11.5. The zero-order valence-corrected chi connectivity index (χ0v) is 15.7. The van der Waals surface area contributed by atoms with Crippen molar-refractivity contribution in [2.24, 2.45) is 0 Å². The topological polar surface area (TPSA) is 27.3 Å². The van der Waals surface area contributed by atoms with Gasteiger partial charge in [-0.15, -0.1) is 0 Å². The van der Waals surface area contributed by atoms with Gasteiger partial charge in [0, 0.05) is 12.2 Å². The third-order valence-corrected chi connectivity index (χ3v) is 4.35. The third-order valence-electron chi connectivity index (χ3n) is 4.10. The van der Waals surface area contributed by atoms with E-state index in [-0.39, 0.29) is 6.04 Å². The lowest BCUT2D eigenvalue weighted by molar-refractivity contribution is 0.299. The normalized spacial score (nSPS) is 12.2. The molecule has 0 aromatic heterocycles. The molecule has 0 heterocycles. The molecule has 0 aliphatic carbocycles. The number of benzene rings is 2. The van der Waals surface area contributed by atoms with E-state index in [1.807, 2.05) is 6.07 Å². The van der Waals surface area contributed by atoms with Gasteiger partial charge in [0.15, 0.2) is 5.11 Å². The first-order valence-corrected chi connectivity index (χ1v) is 8.74. The second kappa shape index (κ2) is 8.81. The Hall–Kier alpha value is -1.91. The molecule has 0 amide bonds. The van der Waals surface area contributed by atoms with Crippen LogP contribution in [0.15, 0.2) is 54.6 Å². The van der Waals surface area contributed by atoms with Crippen molar-refractivity contribution < 1.29 is 0 Å². The van der Waals surface area contributed by atoms with Crippen molar-refractivity contribution in [1.29, 1.82) is 0 Å². The molecule has 2 aromatic rings. The summed E-state index contributed by atoms with van der Waals surface area (Å²) in [6, 6.07) is 19.2. The lowest BCUT2D eigenvalue weighted by atomic mass is 10.0. The van der Waals surface area contributed by atoms with Crippen LogP contribution in [0.25, 0.3) is 0 Å². The molecule has 0 saturated heterocycles. The summed E-state index contributed by atoms with van der Waals surface area (Å²) in [5.74, 6) is 0.538. The molecule has 2 N–H and O–H groups in total. The molecule has 0 bridgehead atoms. The number of anilines is 1. The molecule has 128 valence electrons. The second-order valence-corrected chi connectivity index (χ2v) is 6.91. The van der Waals surface area contributed by atoms with E-state index in [4.69, 9.17) is 12.2 Å². The average molecular weight is 342 g/mol. The highest BCUT2D eigenvalue weighted by atomic mass is 32.1. The summed E-state index contributed by atoms with van der Waals surface area (Å²) in [6.07, 6.45) is 0. The van der Waals surface area contributed by atoms with Crippen LogP contribution in [0.2, 0.25) is 0 Å². The minimum Gasteiger partial charge on any atom is -0.361 e. The summed E-state index contributed by atoms with van der Waals surface area (Å²) in [5.41, 5.74) is 3.62. The standard InChI is InChI=1S/C20H27N3S/c1-15(2)16-10-12-18(13-11-16)22-20(24)21-14-19(23(3)4)17-8-6-5-7-9-17/h5-13,15,19H,14H2,1-4H3,(H2,21,22,24). The molecular weight excluding hydrogens is 314 g/mol. The Morgan fingerprint density at radius 3 is 2.12 bits per heavy atom. The molecule has 4 heteroatoms. The van der Waals surface area contributed by atoms with Crippen LogP contribution in [-0.2, 0) is 0 Å². The van der Waals surface area contributed by atoms with Gasteiger partial charge in [0.05, 0.1) is 6.04 Å². The lowest BCUT2D eigenvalue weighted by Crippen LogP contribution is -2.36. The zero-order chi connectivity index (χ0) is 17.5. The van der Waals surface area contributed by atoms with Crippen molar-refractivity contribution in [2.75, 3.05) is 26.0 Å². The summed E-state index contributed by atoms with van der Waals surface area (Å²) in [4.78, 5) is 2.20. The van der Waals surface area contributed by atoms with Gasteiger partial charge < -0.3 is 15.5 Å². The van der Waals surface area contributed by atoms with Gasteiger partial charge in [-0.3, -0.25) is 0 Å². The van der Waals surface area contributed by atoms with Crippen LogP contribution in [0.5, 0.6) is 0 Å². The van der Waals surface area contributed by atoms with Gasteiger partial charge >= 0.3 is 0 Å². The van der Waals surface area contributed by atoms with Crippen molar-refractivity contribution in [3.63, 3.8) is 0 Å². The van der Waals surface area contributed by atoms with Crippen molar-refractivity contribution in [2.45, 2.75) is 25.8 Å². The number of rotatable bonds is 6. The van der Waals surface area contributed by atoms with Crippen LogP contribution >= 0.6 is 12.2 Å². The van der Waals surface area contributed by atoms with E-state index in [2.05, 4.69) is 92.0 Å². The van der Waals surface area contributed by atoms with E-state index in [0.29, 0.717) is 11.0 Å². The second-order valence-electron chi connectivity index (χ2n) is 6.50. The van der Waals surface area contributed by atoms with Crippen molar-refractivity contribution in [1.82, 2.24) is 10.2 Å². The van der Waals surface area contributed by atoms with Gasteiger partial charge in [-0.1, -0.05) is 56.3 Å². The molecule has 2 aromatic carbocycles. The average Bonchev–Trinajstić information content (AvgIpc) is 2.56. The van der Waals surface area contributed by atoms with Crippen LogP contribution in [-0.4, -0.2) is 30.7 Å². The maximum atomic E-state index is 5.43. The monoisotopic (exact) mass is 341 g/mol. The molecule has 0 fully saturated rings.